The average molecular weight is 554 g/mol. The number of rotatable bonds is 4. The molecule has 0 heterocycles. The van der Waals surface area contributed by atoms with Crippen LogP contribution in [0, 0.1) is 10.8 Å². The largest absolute Gasteiger partial charge is 0.420 e. The lowest BCUT2D eigenvalue weighted by atomic mass is 9.81. The maximum atomic E-state index is 13.5. The Kier molecular flexibility index (Phi) is 7.10. The van der Waals surface area contributed by atoms with Crippen LogP contribution < -0.4 is 0 Å². The summed E-state index contributed by atoms with van der Waals surface area (Å²) in [5.74, 6) is 0. The van der Waals surface area contributed by atoms with Crippen molar-refractivity contribution in [2.75, 3.05) is 0 Å². The molecular formula is C10F22O. The predicted molar refractivity (Wildman–Crippen MR) is 52.2 cm³/mol. The normalized spacial score (nSPS) is 16.9. The quantitative estimate of drug-likeness (QED) is 0.327. The van der Waals surface area contributed by atoms with Gasteiger partial charge in [0.2, 0.25) is 0 Å². The third-order valence-corrected chi connectivity index (χ3v) is 3.68. The Morgan fingerprint density at radius 2 is 0.364 bits per heavy atom. The smallest absolute Gasteiger partial charge is 0.253 e. The first-order valence-electron chi connectivity index (χ1n) is 6.57. The number of hydrogen-bond acceptors (Lipinski definition) is 1. The molecule has 0 bridgehead atoms. The van der Waals surface area contributed by atoms with Crippen molar-refractivity contribution < 1.29 is 101 Å². The van der Waals surface area contributed by atoms with Crippen LogP contribution in [0.3, 0.4) is 0 Å². The molecule has 23 heteroatoms. The van der Waals surface area contributed by atoms with Crippen LogP contribution in [0.4, 0.5) is 96.6 Å². The summed E-state index contributed by atoms with van der Waals surface area (Å²) in [6.45, 7) is 0. The second-order valence-electron chi connectivity index (χ2n) is 5.62. The van der Waals surface area contributed by atoms with E-state index in [1.165, 1.54) is 0 Å². The van der Waals surface area contributed by atoms with Crippen LogP contribution >= 0.6 is 0 Å². The zero-order valence-electron chi connectivity index (χ0n) is 13.7. The molecule has 0 aliphatic heterocycles. The molecule has 0 aliphatic carbocycles. The fourth-order valence-electron chi connectivity index (χ4n) is 2.27. The number of halogens is 22. The van der Waals surface area contributed by atoms with Gasteiger partial charge < -0.3 is 0 Å². The van der Waals surface area contributed by atoms with Gasteiger partial charge in [-0.2, -0.15) is 96.6 Å². The Bertz CT molecular complexity index is 558. The van der Waals surface area contributed by atoms with Crippen molar-refractivity contribution in [3.63, 3.8) is 0 Å². The molecule has 0 fully saturated rings. The molecule has 0 saturated carbocycles. The van der Waals surface area contributed by atoms with Gasteiger partial charge in [-0.3, -0.25) is 4.74 Å². The van der Waals surface area contributed by atoms with E-state index in [0.717, 1.165) is 4.74 Å². The fraction of sp³-hybridized carbons (Fsp3) is 1.00. The second kappa shape index (κ2) is 7.46. The van der Waals surface area contributed by atoms with E-state index in [1.54, 1.807) is 0 Å². The van der Waals surface area contributed by atoms with Gasteiger partial charge in [0.05, 0.1) is 0 Å². The highest BCUT2D eigenvalue weighted by atomic mass is 19.5. The summed E-state index contributed by atoms with van der Waals surface area (Å²) >= 11 is 0. The van der Waals surface area contributed by atoms with E-state index < -0.39 is 60.1 Å². The highest BCUT2D eigenvalue weighted by molar-refractivity contribution is 5.09. The molecule has 0 aromatic heterocycles. The third-order valence-electron chi connectivity index (χ3n) is 3.68. The summed E-state index contributed by atoms with van der Waals surface area (Å²) in [6.07, 6.45) is -69.9. The standard InChI is InChI=1S/C10F22O/c11-3(12,13)1(4(14,15)16,5(17,18)19)9(29,30)33-10(31,32)2(6(20,21)22,7(23,24)25)8(26,27)28. The summed E-state index contributed by atoms with van der Waals surface area (Å²) in [7, 11) is 0. The van der Waals surface area contributed by atoms with E-state index >= 15 is 0 Å². The molecule has 1 nitrogen and oxygen atoms in total. The van der Waals surface area contributed by atoms with Crippen LogP contribution in [0.1, 0.15) is 0 Å². The summed E-state index contributed by atoms with van der Waals surface area (Å²) in [4.78, 5) is 0. The summed E-state index contributed by atoms with van der Waals surface area (Å²) in [5, 5.41) is 0. The molecule has 0 aromatic carbocycles. The second-order valence-corrected chi connectivity index (χ2v) is 5.62. The van der Waals surface area contributed by atoms with Crippen LogP contribution in [0.25, 0.3) is 0 Å². The van der Waals surface area contributed by atoms with E-state index in [9.17, 15) is 96.6 Å². The van der Waals surface area contributed by atoms with Gasteiger partial charge in [0, 0.05) is 0 Å². The molecule has 0 aliphatic rings. The van der Waals surface area contributed by atoms with Crippen molar-refractivity contribution in [3.8, 4) is 0 Å². The van der Waals surface area contributed by atoms with Crippen molar-refractivity contribution in [3.05, 3.63) is 0 Å². The third kappa shape index (κ3) is 4.21. The van der Waals surface area contributed by atoms with E-state index in [4.69, 9.17) is 0 Å². The first-order valence-corrected chi connectivity index (χ1v) is 6.57. The Morgan fingerprint density at radius 3 is 0.455 bits per heavy atom. The Labute approximate surface area is 163 Å². The maximum Gasteiger partial charge on any atom is 0.420 e. The van der Waals surface area contributed by atoms with Gasteiger partial charge in [0.25, 0.3) is 0 Å². The van der Waals surface area contributed by atoms with E-state index in [0.29, 0.717) is 0 Å². The zero-order valence-corrected chi connectivity index (χ0v) is 13.7. The minimum atomic E-state index is -9.03. The SMILES string of the molecule is FC(F)(F)C(C(F)(F)F)(C(F)(F)F)C(F)(F)OC(F)(F)C(C(F)(F)F)(C(F)(F)F)C(F)(F)F. The molecule has 0 N–H and O–H groups in total. The van der Waals surface area contributed by atoms with Crippen molar-refractivity contribution in [2.24, 2.45) is 10.8 Å². The molecular weight excluding hydrogens is 554 g/mol. The minimum Gasteiger partial charge on any atom is -0.253 e. The molecule has 200 valence electrons. The molecule has 0 unspecified atom stereocenters. The summed E-state index contributed by atoms with van der Waals surface area (Å²) in [6, 6.07) is 0. The highest BCUT2D eigenvalue weighted by Crippen LogP contribution is 2.71. The number of ether oxygens (including phenoxy) is 1. The van der Waals surface area contributed by atoms with Crippen LogP contribution in [-0.2, 0) is 4.74 Å². The van der Waals surface area contributed by atoms with Crippen molar-refractivity contribution in [1.29, 1.82) is 0 Å². The van der Waals surface area contributed by atoms with Crippen molar-refractivity contribution in [2.45, 2.75) is 49.3 Å². The van der Waals surface area contributed by atoms with Gasteiger partial charge in [-0.25, -0.2) is 0 Å². The molecule has 0 amide bonds. The van der Waals surface area contributed by atoms with Crippen molar-refractivity contribution in [1.82, 2.24) is 0 Å². The molecule has 0 radical (unpaired) electrons. The summed E-state index contributed by atoms with van der Waals surface area (Å²) in [5.41, 5.74) is -18.1. The molecule has 0 spiro atoms. The van der Waals surface area contributed by atoms with Gasteiger partial charge in [-0.05, 0) is 0 Å². The van der Waals surface area contributed by atoms with Crippen LogP contribution in [-0.4, -0.2) is 49.3 Å². The Balaban J connectivity index is 7.62. The number of hydrogen-bond donors (Lipinski definition) is 0. The molecule has 33 heavy (non-hydrogen) atoms. The van der Waals surface area contributed by atoms with Crippen LogP contribution in [0.15, 0.2) is 0 Å². The predicted octanol–water partition coefficient (Wildman–Crippen LogP) is 7.54. The van der Waals surface area contributed by atoms with Crippen LogP contribution in [0.5, 0.6) is 0 Å². The Hall–Kier alpha value is -1.58. The highest BCUT2D eigenvalue weighted by Gasteiger charge is 2.99. The van der Waals surface area contributed by atoms with E-state index in [2.05, 4.69) is 0 Å². The van der Waals surface area contributed by atoms with Crippen molar-refractivity contribution >= 4 is 0 Å². The van der Waals surface area contributed by atoms with Crippen LogP contribution in [0.2, 0.25) is 0 Å². The minimum absolute atomic E-state index is 0.729. The first kappa shape index (κ1) is 31.4. The van der Waals surface area contributed by atoms with Gasteiger partial charge >= 0.3 is 60.1 Å². The van der Waals surface area contributed by atoms with E-state index in [-0.39, 0.29) is 0 Å². The summed E-state index contributed by atoms with van der Waals surface area (Å²) < 4.78 is 280. The van der Waals surface area contributed by atoms with Gasteiger partial charge in [0.1, 0.15) is 0 Å². The molecule has 0 saturated heterocycles. The lowest BCUT2D eigenvalue weighted by Crippen LogP contribution is -2.74. The molecule has 0 aromatic rings. The topological polar surface area (TPSA) is 9.23 Å². The lowest BCUT2D eigenvalue weighted by molar-refractivity contribution is -0.579. The average Bonchev–Trinajstić information content (AvgIpc) is 2.22. The lowest BCUT2D eigenvalue weighted by Gasteiger charge is -2.47. The number of alkyl halides is 22. The monoisotopic (exact) mass is 554 g/mol. The zero-order chi connectivity index (χ0) is 27.7. The molecule has 0 rings (SSSR count). The first-order chi connectivity index (χ1) is 13.7. The maximum absolute atomic E-state index is 13.5. The van der Waals surface area contributed by atoms with Gasteiger partial charge in [-0.15, -0.1) is 0 Å². The molecule has 0 atom stereocenters. The Morgan fingerprint density at radius 1 is 0.242 bits per heavy atom. The van der Waals surface area contributed by atoms with Gasteiger partial charge in [-0.1, -0.05) is 0 Å². The van der Waals surface area contributed by atoms with Gasteiger partial charge in [0.15, 0.2) is 0 Å². The fourth-order valence-corrected chi connectivity index (χ4v) is 2.27. The van der Waals surface area contributed by atoms with E-state index in [1.807, 2.05) is 0 Å².